The highest BCUT2D eigenvalue weighted by atomic mass is 35.5. The van der Waals surface area contributed by atoms with Gasteiger partial charge in [-0.1, -0.05) is 35.3 Å². The maximum atomic E-state index is 12.8. The fraction of sp³-hybridized carbons (Fsp3) is 0.188. The topological polar surface area (TPSA) is 38.3 Å². The molecule has 2 aromatic carbocycles. The molecule has 116 valence electrons. The van der Waals surface area contributed by atoms with Crippen LogP contribution in [0.5, 0.6) is 5.75 Å². The van der Waals surface area contributed by atoms with E-state index in [1.807, 2.05) is 0 Å². The van der Waals surface area contributed by atoms with Crippen LogP contribution in [-0.2, 0) is 11.3 Å². The summed E-state index contributed by atoms with van der Waals surface area (Å²) in [6, 6.07) is 10.7. The van der Waals surface area contributed by atoms with Crippen molar-refractivity contribution < 1.29 is 13.9 Å². The molecule has 22 heavy (non-hydrogen) atoms. The zero-order valence-corrected chi connectivity index (χ0v) is 13.3. The van der Waals surface area contributed by atoms with Crippen LogP contribution in [0, 0.1) is 5.82 Å². The van der Waals surface area contributed by atoms with Crippen molar-refractivity contribution in [1.82, 2.24) is 5.32 Å². The number of hydrogen-bond acceptors (Lipinski definition) is 2. The number of ether oxygens (including phenoxy) is 1. The lowest BCUT2D eigenvalue weighted by Gasteiger charge is -2.15. The third kappa shape index (κ3) is 4.61. The van der Waals surface area contributed by atoms with E-state index in [2.05, 4.69) is 5.32 Å². The van der Waals surface area contributed by atoms with Gasteiger partial charge in [-0.15, -0.1) is 0 Å². The van der Waals surface area contributed by atoms with Crippen LogP contribution in [-0.4, -0.2) is 12.0 Å². The van der Waals surface area contributed by atoms with Crippen LogP contribution < -0.4 is 10.1 Å². The van der Waals surface area contributed by atoms with Crippen LogP contribution in [0.25, 0.3) is 0 Å². The zero-order valence-electron chi connectivity index (χ0n) is 11.8. The summed E-state index contributed by atoms with van der Waals surface area (Å²) in [6.07, 6.45) is -0.723. The maximum Gasteiger partial charge on any atom is 0.261 e. The van der Waals surface area contributed by atoms with Gasteiger partial charge >= 0.3 is 0 Å². The summed E-state index contributed by atoms with van der Waals surface area (Å²) in [5, 5.41) is 3.54. The Morgan fingerprint density at radius 2 is 1.91 bits per heavy atom. The summed E-state index contributed by atoms with van der Waals surface area (Å²) in [6.45, 7) is 1.91. The lowest BCUT2D eigenvalue weighted by Crippen LogP contribution is -2.35. The van der Waals surface area contributed by atoms with Crippen LogP contribution in [0.3, 0.4) is 0 Å². The van der Waals surface area contributed by atoms with E-state index in [-0.39, 0.29) is 11.7 Å². The minimum absolute atomic E-state index is 0.293. The van der Waals surface area contributed by atoms with Gasteiger partial charge in [-0.2, -0.15) is 0 Å². The number of halogens is 3. The Hall–Kier alpha value is -1.78. The van der Waals surface area contributed by atoms with Gasteiger partial charge in [-0.3, -0.25) is 4.79 Å². The van der Waals surface area contributed by atoms with Crippen molar-refractivity contribution in [3.05, 3.63) is 63.9 Å². The fourth-order valence-electron chi connectivity index (χ4n) is 1.75. The lowest BCUT2D eigenvalue weighted by molar-refractivity contribution is -0.127. The van der Waals surface area contributed by atoms with E-state index in [1.165, 1.54) is 12.1 Å². The quantitative estimate of drug-likeness (QED) is 0.884. The Bertz CT molecular complexity index is 662. The standard InChI is InChI=1S/C16H14Cl2FNO2/c1-10(22-15-7-4-12(17)8-14(15)18)16(21)20-9-11-2-5-13(19)6-3-11/h2-8,10H,9H2,1H3,(H,20,21)/t10-/m1/s1. The van der Waals surface area contributed by atoms with Gasteiger partial charge in [0.1, 0.15) is 11.6 Å². The molecule has 0 aliphatic heterocycles. The smallest absolute Gasteiger partial charge is 0.261 e. The molecule has 1 N–H and O–H groups in total. The van der Waals surface area contributed by atoms with Crippen LogP contribution in [0.4, 0.5) is 4.39 Å². The van der Waals surface area contributed by atoms with Gasteiger partial charge in [-0.05, 0) is 42.8 Å². The molecule has 0 aliphatic carbocycles. The Kier molecular flexibility index (Phi) is 5.63. The number of amides is 1. The Labute approximate surface area is 138 Å². The van der Waals surface area contributed by atoms with Crippen molar-refractivity contribution >= 4 is 29.1 Å². The largest absolute Gasteiger partial charge is 0.479 e. The molecule has 2 rings (SSSR count). The molecule has 0 unspecified atom stereocenters. The Morgan fingerprint density at radius 1 is 1.23 bits per heavy atom. The van der Waals surface area contributed by atoms with Gasteiger partial charge in [0.05, 0.1) is 5.02 Å². The number of carbonyl (C=O) groups excluding carboxylic acids is 1. The second kappa shape index (κ2) is 7.47. The molecule has 0 radical (unpaired) electrons. The zero-order chi connectivity index (χ0) is 16.1. The molecule has 1 atom stereocenters. The van der Waals surface area contributed by atoms with Gasteiger partial charge < -0.3 is 10.1 Å². The maximum absolute atomic E-state index is 12.8. The molecular weight excluding hydrogens is 328 g/mol. The van der Waals surface area contributed by atoms with Crippen LogP contribution in [0.2, 0.25) is 10.0 Å². The van der Waals surface area contributed by atoms with E-state index < -0.39 is 6.10 Å². The van der Waals surface area contributed by atoms with Crippen LogP contribution in [0.15, 0.2) is 42.5 Å². The predicted octanol–water partition coefficient (Wildman–Crippen LogP) is 4.22. The van der Waals surface area contributed by atoms with Crippen molar-refractivity contribution in [2.75, 3.05) is 0 Å². The molecule has 0 aliphatic rings. The molecule has 0 saturated heterocycles. The van der Waals surface area contributed by atoms with Crippen molar-refractivity contribution in [2.24, 2.45) is 0 Å². The molecule has 1 amide bonds. The molecule has 0 spiro atoms. The first-order valence-corrected chi connectivity index (χ1v) is 7.35. The second-order valence-electron chi connectivity index (χ2n) is 4.68. The van der Waals surface area contributed by atoms with Gasteiger partial charge in [0, 0.05) is 11.6 Å². The summed E-state index contributed by atoms with van der Waals surface area (Å²) in [7, 11) is 0. The first kappa shape index (κ1) is 16.6. The SMILES string of the molecule is C[C@@H](Oc1ccc(Cl)cc1Cl)C(=O)NCc1ccc(F)cc1. The molecule has 0 saturated carbocycles. The first-order valence-electron chi connectivity index (χ1n) is 6.59. The van der Waals surface area contributed by atoms with Crippen LogP contribution >= 0.6 is 23.2 Å². The molecule has 6 heteroatoms. The number of hydrogen-bond donors (Lipinski definition) is 1. The Balaban J connectivity index is 1.90. The lowest BCUT2D eigenvalue weighted by atomic mass is 10.2. The highest BCUT2D eigenvalue weighted by molar-refractivity contribution is 6.35. The highest BCUT2D eigenvalue weighted by Crippen LogP contribution is 2.28. The number of nitrogens with one attached hydrogen (secondary N) is 1. The normalized spacial score (nSPS) is 11.8. The van der Waals surface area contributed by atoms with E-state index in [0.29, 0.717) is 22.3 Å². The average molecular weight is 342 g/mol. The van der Waals surface area contributed by atoms with Gasteiger partial charge in [0.25, 0.3) is 5.91 Å². The van der Waals surface area contributed by atoms with Crippen molar-refractivity contribution in [3.63, 3.8) is 0 Å². The molecule has 0 heterocycles. The Morgan fingerprint density at radius 3 is 2.55 bits per heavy atom. The second-order valence-corrected chi connectivity index (χ2v) is 5.52. The summed E-state index contributed by atoms with van der Waals surface area (Å²) in [4.78, 5) is 12.0. The summed E-state index contributed by atoms with van der Waals surface area (Å²) >= 11 is 11.8. The summed E-state index contributed by atoms with van der Waals surface area (Å²) in [5.41, 5.74) is 0.798. The van der Waals surface area contributed by atoms with E-state index in [0.717, 1.165) is 5.56 Å². The van der Waals surface area contributed by atoms with E-state index in [1.54, 1.807) is 37.3 Å². The van der Waals surface area contributed by atoms with Gasteiger partial charge in [0.15, 0.2) is 6.10 Å². The molecule has 0 bridgehead atoms. The third-order valence-electron chi connectivity index (χ3n) is 2.95. The van der Waals surface area contributed by atoms with Crippen molar-refractivity contribution in [2.45, 2.75) is 19.6 Å². The number of rotatable bonds is 5. The number of carbonyl (C=O) groups is 1. The first-order chi connectivity index (χ1) is 10.5. The number of benzene rings is 2. The average Bonchev–Trinajstić information content (AvgIpc) is 2.49. The molecule has 0 aromatic heterocycles. The van der Waals surface area contributed by atoms with Gasteiger partial charge in [0.2, 0.25) is 0 Å². The minimum atomic E-state index is -0.723. The van der Waals surface area contributed by atoms with E-state index >= 15 is 0 Å². The monoisotopic (exact) mass is 341 g/mol. The van der Waals surface area contributed by atoms with Gasteiger partial charge in [-0.25, -0.2) is 4.39 Å². The van der Waals surface area contributed by atoms with E-state index in [9.17, 15) is 9.18 Å². The molecule has 2 aromatic rings. The summed E-state index contributed by atoms with van der Waals surface area (Å²) in [5.74, 6) is -0.227. The van der Waals surface area contributed by atoms with Crippen molar-refractivity contribution in [3.8, 4) is 5.75 Å². The molecule has 0 fully saturated rings. The third-order valence-corrected chi connectivity index (χ3v) is 3.48. The minimum Gasteiger partial charge on any atom is -0.479 e. The predicted molar refractivity (Wildman–Crippen MR) is 84.8 cm³/mol. The fourth-order valence-corrected chi connectivity index (χ4v) is 2.20. The van der Waals surface area contributed by atoms with Crippen molar-refractivity contribution in [1.29, 1.82) is 0 Å². The van der Waals surface area contributed by atoms with E-state index in [4.69, 9.17) is 27.9 Å². The molecule has 3 nitrogen and oxygen atoms in total. The summed E-state index contributed by atoms with van der Waals surface area (Å²) < 4.78 is 18.3. The van der Waals surface area contributed by atoms with Crippen LogP contribution in [0.1, 0.15) is 12.5 Å². The highest BCUT2D eigenvalue weighted by Gasteiger charge is 2.16. The molecular formula is C16H14Cl2FNO2.